The van der Waals surface area contributed by atoms with Crippen LogP contribution in [0.25, 0.3) is 11.0 Å². The zero-order valence-electron chi connectivity index (χ0n) is 15.7. The van der Waals surface area contributed by atoms with E-state index in [1.807, 2.05) is 49.6 Å². The molecule has 27 heavy (non-hydrogen) atoms. The lowest BCUT2D eigenvalue weighted by atomic mass is 10.2. The van der Waals surface area contributed by atoms with Gasteiger partial charge in [0.15, 0.2) is 5.76 Å². The number of nitrogens with zero attached hydrogens (tertiary/aromatic N) is 2. The van der Waals surface area contributed by atoms with E-state index in [0.29, 0.717) is 5.82 Å². The van der Waals surface area contributed by atoms with Crippen molar-refractivity contribution in [2.24, 2.45) is 0 Å². The van der Waals surface area contributed by atoms with Crippen LogP contribution in [0.15, 0.2) is 47.1 Å². The minimum absolute atomic E-state index is 0.0849. The van der Waals surface area contributed by atoms with E-state index in [1.165, 1.54) is 6.26 Å². The molecule has 3 rings (SSSR count). The molecule has 1 aromatic carbocycles. The number of imidazole rings is 1. The average molecular weight is 368 g/mol. The highest BCUT2D eigenvalue weighted by Crippen LogP contribution is 2.21. The maximum Gasteiger partial charge on any atom is 0.287 e. The summed E-state index contributed by atoms with van der Waals surface area (Å²) in [5.74, 6) is 0.447. The molecule has 0 saturated carbocycles. The first kappa shape index (κ1) is 18.7. The number of hydrogen-bond donors (Lipinski definition) is 2. The quantitative estimate of drug-likeness (QED) is 0.671. The molecule has 0 fully saturated rings. The summed E-state index contributed by atoms with van der Waals surface area (Å²) in [7, 11) is 0. The Bertz CT molecular complexity index is 930. The monoisotopic (exact) mass is 368 g/mol. The molecule has 7 nitrogen and oxygen atoms in total. The van der Waals surface area contributed by atoms with Crippen molar-refractivity contribution < 1.29 is 14.0 Å². The molecule has 7 heteroatoms. The number of aromatic nitrogens is 2. The molecule has 142 valence electrons. The SMILES string of the molecule is CCC(C)NC(=O)Cn1c(C(C)NC(=O)c2ccco2)nc2ccccc21. The minimum Gasteiger partial charge on any atom is -0.459 e. The maximum atomic E-state index is 12.4. The Balaban J connectivity index is 1.87. The normalized spacial score (nSPS) is 13.3. The van der Waals surface area contributed by atoms with Gasteiger partial charge in [-0.25, -0.2) is 4.98 Å². The molecular weight excluding hydrogens is 344 g/mol. The van der Waals surface area contributed by atoms with Gasteiger partial charge in [0.05, 0.1) is 23.3 Å². The predicted octanol–water partition coefficient (Wildman–Crippen LogP) is 3.04. The smallest absolute Gasteiger partial charge is 0.287 e. The summed E-state index contributed by atoms with van der Waals surface area (Å²) >= 11 is 0. The van der Waals surface area contributed by atoms with Crippen molar-refractivity contribution in [3.05, 3.63) is 54.2 Å². The fraction of sp³-hybridized carbons (Fsp3) is 0.350. The number of fused-ring (bicyclic) bond motifs is 1. The van der Waals surface area contributed by atoms with Gasteiger partial charge in [-0.3, -0.25) is 9.59 Å². The first-order valence-corrected chi connectivity index (χ1v) is 9.08. The highest BCUT2D eigenvalue weighted by molar-refractivity contribution is 5.91. The second-order valence-corrected chi connectivity index (χ2v) is 6.59. The van der Waals surface area contributed by atoms with E-state index in [-0.39, 0.29) is 30.2 Å². The third-order valence-electron chi connectivity index (χ3n) is 4.49. The summed E-state index contributed by atoms with van der Waals surface area (Å²) < 4.78 is 6.99. The van der Waals surface area contributed by atoms with Crippen molar-refractivity contribution in [2.75, 3.05) is 0 Å². The van der Waals surface area contributed by atoms with Gasteiger partial charge in [-0.05, 0) is 44.5 Å². The number of furan rings is 1. The van der Waals surface area contributed by atoms with Gasteiger partial charge in [-0.1, -0.05) is 19.1 Å². The number of benzene rings is 1. The third-order valence-corrected chi connectivity index (χ3v) is 4.49. The standard InChI is InChI=1S/C20H24N4O3/c1-4-13(2)21-18(25)12-24-16-9-6-5-8-15(16)23-19(24)14(3)22-20(26)17-10-7-11-27-17/h5-11,13-14H,4,12H2,1-3H3,(H,21,25)(H,22,26). The zero-order valence-corrected chi connectivity index (χ0v) is 15.7. The third kappa shape index (κ3) is 4.19. The Morgan fingerprint density at radius 1 is 1.15 bits per heavy atom. The van der Waals surface area contributed by atoms with E-state index in [9.17, 15) is 9.59 Å². The maximum absolute atomic E-state index is 12.4. The highest BCUT2D eigenvalue weighted by Gasteiger charge is 2.21. The summed E-state index contributed by atoms with van der Waals surface area (Å²) in [5, 5.41) is 5.85. The lowest BCUT2D eigenvalue weighted by Gasteiger charge is -2.17. The topological polar surface area (TPSA) is 89.2 Å². The van der Waals surface area contributed by atoms with Crippen LogP contribution in [0.3, 0.4) is 0 Å². The molecule has 0 aliphatic heterocycles. The van der Waals surface area contributed by atoms with Crippen LogP contribution in [0.2, 0.25) is 0 Å². The molecule has 2 amide bonds. The van der Waals surface area contributed by atoms with Crippen LogP contribution < -0.4 is 10.6 Å². The number of carbonyl (C=O) groups is 2. The van der Waals surface area contributed by atoms with E-state index in [1.54, 1.807) is 12.1 Å². The van der Waals surface area contributed by atoms with Crippen molar-refractivity contribution in [3.63, 3.8) is 0 Å². The number of amides is 2. The lowest BCUT2D eigenvalue weighted by Crippen LogP contribution is -2.36. The van der Waals surface area contributed by atoms with E-state index < -0.39 is 6.04 Å². The van der Waals surface area contributed by atoms with Gasteiger partial charge < -0.3 is 19.6 Å². The van der Waals surface area contributed by atoms with Gasteiger partial charge in [-0.15, -0.1) is 0 Å². The van der Waals surface area contributed by atoms with Gasteiger partial charge in [0, 0.05) is 6.04 Å². The Kier molecular flexibility index (Phi) is 5.59. The average Bonchev–Trinajstić information content (AvgIpc) is 3.30. The van der Waals surface area contributed by atoms with E-state index in [2.05, 4.69) is 15.6 Å². The van der Waals surface area contributed by atoms with Gasteiger partial charge in [-0.2, -0.15) is 0 Å². The molecule has 2 aromatic heterocycles. The van der Waals surface area contributed by atoms with Crippen LogP contribution >= 0.6 is 0 Å². The summed E-state index contributed by atoms with van der Waals surface area (Å²) in [6, 6.07) is 10.6. The molecule has 2 atom stereocenters. The number of para-hydroxylation sites is 2. The van der Waals surface area contributed by atoms with Crippen molar-refractivity contribution in [2.45, 2.75) is 45.8 Å². The molecule has 2 N–H and O–H groups in total. The molecule has 0 radical (unpaired) electrons. The first-order valence-electron chi connectivity index (χ1n) is 9.08. The summed E-state index contributed by atoms with van der Waals surface area (Å²) in [6.07, 6.45) is 2.31. The molecule has 0 saturated heterocycles. The molecular formula is C20H24N4O3. The molecule has 0 spiro atoms. The summed E-state index contributed by atoms with van der Waals surface area (Å²) in [5.41, 5.74) is 1.63. The van der Waals surface area contributed by atoms with Crippen LogP contribution in [-0.4, -0.2) is 27.4 Å². The highest BCUT2D eigenvalue weighted by atomic mass is 16.3. The van der Waals surface area contributed by atoms with Crippen LogP contribution in [0.4, 0.5) is 0 Å². The summed E-state index contributed by atoms with van der Waals surface area (Å²) in [4.78, 5) is 29.4. The van der Waals surface area contributed by atoms with Crippen LogP contribution in [0.1, 0.15) is 49.6 Å². The second-order valence-electron chi connectivity index (χ2n) is 6.59. The predicted molar refractivity (Wildman–Crippen MR) is 102 cm³/mol. The van der Waals surface area contributed by atoms with E-state index in [0.717, 1.165) is 17.5 Å². The fourth-order valence-corrected chi connectivity index (χ4v) is 2.90. The van der Waals surface area contributed by atoms with Gasteiger partial charge >= 0.3 is 0 Å². The Labute approximate surface area is 157 Å². The van der Waals surface area contributed by atoms with Crippen molar-refractivity contribution in [1.82, 2.24) is 20.2 Å². The molecule has 0 bridgehead atoms. The van der Waals surface area contributed by atoms with Crippen molar-refractivity contribution in [3.8, 4) is 0 Å². The largest absolute Gasteiger partial charge is 0.459 e. The van der Waals surface area contributed by atoms with Crippen molar-refractivity contribution >= 4 is 22.8 Å². The molecule has 0 aliphatic rings. The van der Waals surface area contributed by atoms with Crippen molar-refractivity contribution in [1.29, 1.82) is 0 Å². The molecule has 2 unspecified atom stereocenters. The zero-order chi connectivity index (χ0) is 19.4. The van der Waals surface area contributed by atoms with Crippen LogP contribution in [0, 0.1) is 0 Å². The van der Waals surface area contributed by atoms with Gasteiger partial charge in [0.2, 0.25) is 5.91 Å². The molecule has 3 aromatic rings. The Morgan fingerprint density at radius 3 is 2.63 bits per heavy atom. The number of rotatable bonds is 7. The first-order chi connectivity index (χ1) is 13.0. The summed E-state index contributed by atoms with van der Waals surface area (Å²) in [6.45, 7) is 5.97. The Morgan fingerprint density at radius 2 is 1.93 bits per heavy atom. The Hall–Kier alpha value is -3.09. The van der Waals surface area contributed by atoms with E-state index in [4.69, 9.17) is 4.42 Å². The van der Waals surface area contributed by atoms with Gasteiger partial charge in [0.1, 0.15) is 12.4 Å². The number of carbonyl (C=O) groups excluding carboxylic acids is 2. The minimum atomic E-state index is -0.397. The number of hydrogen-bond acceptors (Lipinski definition) is 4. The van der Waals surface area contributed by atoms with E-state index >= 15 is 0 Å². The second kappa shape index (κ2) is 8.07. The van der Waals surface area contributed by atoms with Crippen LogP contribution in [-0.2, 0) is 11.3 Å². The molecule has 0 aliphatic carbocycles. The van der Waals surface area contributed by atoms with Gasteiger partial charge in [0.25, 0.3) is 5.91 Å². The lowest BCUT2D eigenvalue weighted by molar-refractivity contribution is -0.122. The van der Waals surface area contributed by atoms with Crippen LogP contribution in [0.5, 0.6) is 0 Å². The molecule has 2 heterocycles. The fourth-order valence-electron chi connectivity index (χ4n) is 2.90. The number of nitrogens with one attached hydrogen (secondary N) is 2.